The van der Waals surface area contributed by atoms with Crippen LogP contribution in [0.2, 0.25) is 0 Å². The van der Waals surface area contributed by atoms with Gasteiger partial charge >= 0.3 is 0 Å². The van der Waals surface area contributed by atoms with Crippen LogP contribution in [-0.4, -0.2) is 23.9 Å². The van der Waals surface area contributed by atoms with Gasteiger partial charge in [-0.25, -0.2) is 4.99 Å². The normalized spacial score (nSPS) is 12.2. The average molecular weight is 372 g/mol. The number of para-hydroxylation sites is 1. The van der Waals surface area contributed by atoms with E-state index in [1.807, 2.05) is 6.07 Å². The van der Waals surface area contributed by atoms with Crippen LogP contribution in [0.5, 0.6) is 0 Å². The molecule has 0 saturated heterocycles. The van der Waals surface area contributed by atoms with E-state index in [1.54, 1.807) is 0 Å². The Bertz CT molecular complexity index is 920. The third-order valence-corrected chi connectivity index (χ3v) is 4.19. The Labute approximate surface area is 139 Å². The molecule has 3 aromatic rings. The van der Waals surface area contributed by atoms with Crippen molar-refractivity contribution >= 4 is 35.7 Å². The maximum atomic E-state index is 4.84. The van der Waals surface area contributed by atoms with Crippen molar-refractivity contribution in [2.45, 2.75) is 0 Å². The van der Waals surface area contributed by atoms with Crippen LogP contribution in [0.4, 0.5) is 5.69 Å². The summed E-state index contributed by atoms with van der Waals surface area (Å²) in [6.07, 6.45) is 2.26. The predicted octanol–water partition coefficient (Wildman–Crippen LogP) is 3.05. The number of hydrogen-bond donors (Lipinski definition) is 0. The molecule has 2 heteroatoms. The first kappa shape index (κ1) is 12.8. The van der Waals surface area contributed by atoms with Crippen LogP contribution in [0.25, 0.3) is 28.3 Å². The number of rotatable bonds is 0. The van der Waals surface area contributed by atoms with Crippen molar-refractivity contribution in [2.75, 3.05) is 0 Å². The summed E-state index contributed by atoms with van der Waals surface area (Å²) in [6, 6.07) is 21.3. The first-order valence-corrected chi connectivity index (χ1v) is 6.84. The molecule has 2 aliphatic rings. The molecule has 1 aliphatic carbocycles. The Kier molecular flexibility index (Phi) is 2.79. The zero-order valence-corrected chi connectivity index (χ0v) is 14.2. The van der Waals surface area contributed by atoms with Crippen LogP contribution in [0, 0.1) is 0 Å². The SMILES string of the molecule is C1=c2c(ccc3c2=Nc2ccccc2-3)-c2ccccc21.[Sn]. The molecule has 0 bridgehead atoms. The minimum atomic E-state index is 0. The van der Waals surface area contributed by atoms with Crippen molar-refractivity contribution in [1.29, 1.82) is 0 Å². The van der Waals surface area contributed by atoms with Gasteiger partial charge in [0.2, 0.25) is 0 Å². The van der Waals surface area contributed by atoms with Crippen molar-refractivity contribution in [3.8, 4) is 22.3 Å². The van der Waals surface area contributed by atoms with Crippen LogP contribution >= 0.6 is 0 Å². The molecule has 0 saturated carbocycles. The van der Waals surface area contributed by atoms with Gasteiger partial charge in [0, 0.05) is 40.3 Å². The van der Waals surface area contributed by atoms with E-state index in [0.717, 1.165) is 11.0 Å². The molecule has 3 aromatic carbocycles. The van der Waals surface area contributed by atoms with Crippen molar-refractivity contribution in [3.05, 3.63) is 76.8 Å². The molecule has 0 spiro atoms. The Hall–Kier alpha value is -1.87. The zero-order valence-electron chi connectivity index (χ0n) is 11.3. The van der Waals surface area contributed by atoms with Crippen molar-refractivity contribution in [1.82, 2.24) is 0 Å². The van der Waals surface area contributed by atoms with E-state index in [9.17, 15) is 0 Å². The van der Waals surface area contributed by atoms with E-state index < -0.39 is 0 Å². The van der Waals surface area contributed by atoms with E-state index in [2.05, 4.69) is 60.7 Å². The van der Waals surface area contributed by atoms with Gasteiger partial charge in [0.25, 0.3) is 0 Å². The summed E-state index contributed by atoms with van der Waals surface area (Å²) in [4.78, 5) is 4.84. The fourth-order valence-electron chi connectivity index (χ4n) is 3.27. The number of hydrogen-bond acceptors (Lipinski definition) is 1. The molecule has 0 unspecified atom stereocenters. The van der Waals surface area contributed by atoms with Crippen molar-refractivity contribution < 1.29 is 0 Å². The molecule has 1 heterocycles. The molecular weight excluding hydrogens is 361 g/mol. The summed E-state index contributed by atoms with van der Waals surface area (Å²) in [5.41, 5.74) is 7.49. The van der Waals surface area contributed by atoms with E-state index >= 15 is 0 Å². The molecule has 0 amide bonds. The quantitative estimate of drug-likeness (QED) is 0.371. The van der Waals surface area contributed by atoms with Crippen molar-refractivity contribution in [3.63, 3.8) is 0 Å². The standard InChI is InChI=1S/C19H11N.Sn/c1-2-6-13-12(5-1)11-17-14(13)9-10-16-15-7-3-4-8-18(15)20-19(16)17;/h1-11H;. The second-order valence-corrected chi connectivity index (χ2v) is 5.28. The summed E-state index contributed by atoms with van der Waals surface area (Å²) < 4.78 is 0. The van der Waals surface area contributed by atoms with Gasteiger partial charge in [0.1, 0.15) is 0 Å². The smallest absolute Gasteiger partial charge is 0.0795 e. The third kappa shape index (κ3) is 1.67. The summed E-state index contributed by atoms with van der Waals surface area (Å²) >= 11 is 0. The molecule has 5 rings (SSSR count). The molecule has 96 valence electrons. The Morgan fingerprint density at radius 3 is 2.24 bits per heavy atom. The molecule has 0 N–H and O–H groups in total. The van der Waals surface area contributed by atoms with Crippen LogP contribution < -0.4 is 10.6 Å². The fraction of sp³-hybridized carbons (Fsp3) is 0. The van der Waals surface area contributed by atoms with Gasteiger partial charge in [-0.2, -0.15) is 0 Å². The van der Waals surface area contributed by atoms with Gasteiger partial charge in [0.05, 0.1) is 11.0 Å². The maximum absolute atomic E-state index is 4.84. The summed E-state index contributed by atoms with van der Waals surface area (Å²) in [6.45, 7) is 0. The van der Waals surface area contributed by atoms with E-state index in [1.165, 1.54) is 33.0 Å². The second-order valence-electron chi connectivity index (χ2n) is 5.28. The minimum absolute atomic E-state index is 0. The largest absolute Gasteiger partial charge is 0.247 e. The van der Waals surface area contributed by atoms with E-state index in [-0.39, 0.29) is 23.9 Å². The van der Waals surface area contributed by atoms with Crippen molar-refractivity contribution in [2.24, 2.45) is 4.99 Å². The van der Waals surface area contributed by atoms with Crippen LogP contribution in [-0.2, 0) is 0 Å². The van der Waals surface area contributed by atoms with E-state index in [4.69, 9.17) is 4.99 Å². The van der Waals surface area contributed by atoms with Crippen LogP contribution in [0.15, 0.2) is 65.7 Å². The molecule has 1 nitrogen and oxygen atoms in total. The number of nitrogens with zero attached hydrogens (tertiary/aromatic N) is 1. The molecule has 0 atom stereocenters. The summed E-state index contributed by atoms with van der Waals surface area (Å²) in [7, 11) is 0. The van der Waals surface area contributed by atoms with Gasteiger partial charge in [-0.1, -0.05) is 54.6 Å². The zero-order chi connectivity index (χ0) is 13.1. The molecule has 0 fully saturated rings. The molecular formula is C19H11NSn. The Balaban J connectivity index is 0.00000115. The van der Waals surface area contributed by atoms with Gasteiger partial charge in [0.15, 0.2) is 0 Å². The molecule has 4 radical (unpaired) electrons. The molecule has 1 aliphatic heterocycles. The predicted molar refractivity (Wildman–Crippen MR) is 87.1 cm³/mol. The average Bonchev–Trinajstić information content (AvgIpc) is 3.05. The topological polar surface area (TPSA) is 12.4 Å². The summed E-state index contributed by atoms with van der Waals surface area (Å²) in [5.74, 6) is 0. The monoisotopic (exact) mass is 373 g/mol. The fourth-order valence-corrected chi connectivity index (χ4v) is 3.27. The number of benzene rings is 3. The van der Waals surface area contributed by atoms with Crippen LogP contribution in [0.3, 0.4) is 0 Å². The maximum Gasteiger partial charge on any atom is 0.0795 e. The van der Waals surface area contributed by atoms with Gasteiger partial charge in [-0.15, -0.1) is 0 Å². The van der Waals surface area contributed by atoms with E-state index in [0.29, 0.717) is 0 Å². The Morgan fingerprint density at radius 2 is 1.33 bits per heavy atom. The van der Waals surface area contributed by atoms with Gasteiger partial charge in [-0.05, 0) is 28.8 Å². The first-order chi connectivity index (χ1) is 9.92. The minimum Gasteiger partial charge on any atom is -0.247 e. The summed E-state index contributed by atoms with van der Waals surface area (Å²) in [5, 5.41) is 2.39. The van der Waals surface area contributed by atoms with Crippen LogP contribution in [0.1, 0.15) is 5.56 Å². The second kappa shape index (κ2) is 4.57. The molecule has 0 aromatic heterocycles. The Morgan fingerprint density at radius 1 is 0.619 bits per heavy atom. The number of fused-ring (bicyclic) bond motifs is 7. The molecule has 21 heavy (non-hydrogen) atoms. The third-order valence-electron chi connectivity index (χ3n) is 4.19. The first-order valence-electron chi connectivity index (χ1n) is 6.84. The van der Waals surface area contributed by atoms with Gasteiger partial charge in [-0.3, -0.25) is 0 Å². The van der Waals surface area contributed by atoms with Gasteiger partial charge < -0.3 is 0 Å².